The molecule has 0 atom stereocenters. The first-order chi connectivity index (χ1) is 16.4. The van der Waals surface area contributed by atoms with Crippen LogP contribution in [-0.4, -0.2) is 62.2 Å². The number of hydrogen-bond acceptors (Lipinski definition) is 6. The quantitative estimate of drug-likeness (QED) is 0.415. The minimum Gasteiger partial charge on any atom is -0.465 e. The molecule has 4 rings (SSSR count). The molecule has 3 aromatic rings. The molecule has 0 unspecified atom stereocenters. The molecule has 2 N–H and O–H groups in total. The lowest BCUT2D eigenvalue weighted by atomic mass is 10.0. The number of methoxy groups -OCH3 is 1. The Labute approximate surface area is 208 Å². The van der Waals surface area contributed by atoms with Crippen molar-refractivity contribution in [2.24, 2.45) is 0 Å². The van der Waals surface area contributed by atoms with E-state index in [0.29, 0.717) is 21.8 Å². The summed E-state index contributed by atoms with van der Waals surface area (Å²) in [5.74, 6) is -0.800. The third-order valence-corrected chi connectivity index (χ3v) is 6.38. The van der Waals surface area contributed by atoms with Crippen LogP contribution < -0.4 is 15.5 Å². The SMILES string of the molecule is COC(=O)c1ccc(N2CCN(C)CC2)c(NC(=S)NC(=O)c2cccc3c(Cl)cccc23)c1. The predicted octanol–water partition coefficient (Wildman–Crippen LogP) is 4.16. The highest BCUT2D eigenvalue weighted by atomic mass is 35.5. The van der Waals surface area contributed by atoms with Gasteiger partial charge in [0.15, 0.2) is 5.11 Å². The van der Waals surface area contributed by atoms with Crippen molar-refractivity contribution in [3.63, 3.8) is 0 Å². The number of benzene rings is 3. The summed E-state index contributed by atoms with van der Waals surface area (Å²) in [6, 6.07) is 16.1. The van der Waals surface area contributed by atoms with Crippen molar-refractivity contribution >= 4 is 63.0 Å². The maximum atomic E-state index is 13.0. The number of anilines is 2. The summed E-state index contributed by atoms with van der Waals surface area (Å²) in [6.07, 6.45) is 0. The molecule has 1 aliphatic rings. The van der Waals surface area contributed by atoms with Gasteiger partial charge in [-0.2, -0.15) is 0 Å². The van der Waals surface area contributed by atoms with E-state index in [4.69, 9.17) is 28.6 Å². The molecule has 0 spiro atoms. The van der Waals surface area contributed by atoms with Gasteiger partial charge in [0.05, 0.1) is 24.0 Å². The summed E-state index contributed by atoms with van der Waals surface area (Å²) in [5.41, 5.74) is 2.38. The van der Waals surface area contributed by atoms with Gasteiger partial charge in [-0.25, -0.2) is 4.79 Å². The smallest absolute Gasteiger partial charge is 0.337 e. The average Bonchev–Trinajstić information content (AvgIpc) is 2.84. The van der Waals surface area contributed by atoms with Gasteiger partial charge in [0.2, 0.25) is 0 Å². The number of fused-ring (bicyclic) bond motifs is 1. The zero-order valence-electron chi connectivity index (χ0n) is 18.9. The van der Waals surface area contributed by atoms with Crippen LogP contribution in [0.4, 0.5) is 11.4 Å². The van der Waals surface area contributed by atoms with E-state index >= 15 is 0 Å². The minimum atomic E-state index is -0.449. The molecule has 176 valence electrons. The molecule has 7 nitrogen and oxygen atoms in total. The largest absolute Gasteiger partial charge is 0.465 e. The maximum absolute atomic E-state index is 13.0. The van der Waals surface area contributed by atoms with Crippen LogP contribution in [0.3, 0.4) is 0 Å². The number of esters is 1. The summed E-state index contributed by atoms with van der Waals surface area (Å²) in [4.78, 5) is 29.6. The summed E-state index contributed by atoms with van der Waals surface area (Å²) in [6.45, 7) is 3.50. The van der Waals surface area contributed by atoms with Crippen molar-refractivity contribution in [2.45, 2.75) is 0 Å². The van der Waals surface area contributed by atoms with Gasteiger partial charge in [0.25, 0.3) is 5.91 Å². The topological polar surface area (TPSA) is 73.9 Å². The normalized spacial score (nSPS) is 14.0. The Bertz CT molecular complexity index is 1260. The van der Waals surface area contributed by atoms with Crippen LogP contribution in [0.2, 0.25) is 5.02 Å². The molecular weight excluding hydrogens is 472 g/mol. The zero-order valence-corrected chi connectivity index (χ0v) is 20.5. The van der Waals surface area contributed by atoms with Crippen molar-refractivity contribution in [3.8, 4) is 0 Å². The van der Waals surface area contributed by atoms with Crippen LogP contribution in [0.5, 0.6) is 0 Å². The fourth-order valence-corrected chi connectivity index (χ4v) is 4.44. The fourth-order valence-electron chi connectivity index (χ4n) is 4.00. The highest BCUT2D eigenvalue weighted by Gasteiger charge is 2.20. The Morgan fingerprint density at radius 2 is 1.71 bits per heavy atom. The van der Waals surface area contributed by atoms with Gasteiger partial charge in [0, 0.05) is 42.2 Å². The van der Waals surface area contributed by atoms with Gasteiger partial charge in [-0.3, -0.25) is 10.1 Å². The van der Waals surface area contributed by atoms with Gasteiger partial charge in [-0.05, 0) is 55.0 Å². The van der Waals surface area contributed by atoms with Crippen LogP contribution in [0, 0.1) is 0 Å². The molecule has 1 heterocycles. The number of thiocarbonyl (C=S) groups is 1. The summed E-state index contributed by atoms with van der Waals surface area (Å²) < 4.78 is 4.87. The molecule has 1 fully saturated rings. The van der Waals surface area contributed by atoms with Crippen molar-refractivity contribution < 1.29 is 14.3 Å². The van der Waals surface area contributed by atoms with Crippen molar-refractivity contribution in [3.05, 3.63) is 70.7 Å². The molecular formula is C25H25ClN4O3S. The number of hydrogen-bond donors (Lipinski definition) is 2. The number of piperazine rings is 1. The van der Waals surface area contributed by atoms with Crippen LogP contribution in [0.1, 0.15) is 20.7 Å². The number of carbonyl (C=O) groups excluding carboxylic acids is 2. The molecule has 1 aliphatic heterocycles. The van der Waals surface area contributed by atoms with Gasteiger partial charge in [-0.15, -0.1) is 0 Å². The maximum Gasteiger partial charge on any atom is 0.337 e. The monoisotopic (exact) mass is 496 g/mol. The summed E-state index contributed by atoms with van der Waals surface area (Å²) in [5, 5.41) is 8.09. The second-order valence-corrected chi connectivity index (χ2v) is 8.88. The average molecular weight is 497 g/mol. The predicted molar refractivity (Wildman–Crippen MR) is 140 cm³/mol. The molecule has 0 aromatic heterocycles. The van der Waals surface area contributed by atoms with E-state index < -0.39 is 5.97 Å². The molecule has 1 amide bonds. The molecule has 1 saturated heterocycles. The number of nitrogens with one attached hydrogen (secondary N) is 2. The van der Waals surface area contributed by atoms with Crippen LogP contribution in [-0.2, 0) is 4.74 Å². The highest BCUT2D eigenvalue weighted by Crippen LogP contribution is 2.29. The van der Waals surface area contributed by atoms with Crippen LogP contribution in [0.25, 0.3) is 10.8 Å². The lowest BCUT2D eigenvalue weighted by Crippen LogP contribution is -2.45. The standard InChI is InChI=1S/C25H25ClN4O3S/c1-29-11-13-30(14-12-29)22-10-9-16(24(32)33-2)15-21(22)27-25(34)28-23(31)19-7-3-6-18-17(19)5-4-8-20(18)26/h3-10,15H,11-14H2,1-2H3,(H2,27,28,31,34). The lowest BCUT2D eigenvalue weighted by molar-refractivity contribution is 0.0600. The zero-order chi connectivity index (χ0) is 24.2. The molecule has 3 aromatic carbocycles. The second-order valence-electron chi connectivity index (χ2n) is 8.06. The molecule has 0 radical (unpaired) electrons. The number of carbonyl (C=O) groups is 2. The van der Waals surface area contributed by atoms with E-state index in [-0.39, 0.29) is 11.0 Å². The summed E-state index contributed by atoms with van der Waals surface area (Å²) in [7, 11) is 3.42. The summed E-state index contributed by atoms with van der Waals surface area (Å²) >= 11 is 11.7. The number of rotatable bonds is 4. The van der Waals surface area contributed by atoms with Crippen LogP contribution >= 0.6 is 23.8 Å². The first-order valence-electron chi connectivity index (χ1n) is 10.8. The Balaban J connectivity index is 1.57. The lowest BCUT2D eigenvalue weighted by Gasteiger charge is -2.35. The third kappa shape index (κ3) is 5.14. The Morgan fingerprint density at radius 1 is 1.00 bits per heavy atom. The number of amides is 1. The van der Waals surface area contributed by atoms with Gasteiger partial charge in [-0.1, -0.05) is 35.9 Å². The molecule has 0 aliphatic carbocycles. The van der Waals surface area contributed by atoms with E-state index in [1.807, 2.05) is 18.2 Å². The Kier molecular flexibility index (Phi) is 7.31. The molecule has 0 bridgehead atoms. The molecule has 34 heavy (non-hydrogen) atoms. The van der Waals surface area contributed by atoms with E-state index in [2.05, 4.69) is 27.5 Å². The van der Waals surface area contributed by atoms with Gasteiger partial charge in [0.1, 0.15) is 0 Å². The number of likely N-dealkylation sites (N-methyl/N-ethyl adjacent to an activating group) is 1. The second kappa shape index (κ2) is 10.4. The molecule has 9 heteroatoms. The van der Waals surface area contributed by atoms with Crippen molar-refractivity contribution in [2.75, 3.05) is 50.6 Å². The molecule has 0 saturated carbocycles. The van der Waals surface area contributed by atoms with Crippen LogP contribution in [0.15, 0.2) is 54.6 Å². The van der Waals surface area contributed by atoms with E-state index in [0.717, 1.165) is 42.6 Å². The van der Waals surface area contributed by atoms with E-state index in [9.17, 15) is 9.59 Å². The van der Waals surface area contributed by atoms with Gasteiger partial charge < -0.3 is 19.9 Å². The van der Waals surface area contributed by atoms with E-state index in [1.165, 1.54) is 7.11 Å². The number of ether oxygens (including phenoxy) is 1. The number of halogens is 1. The number of nitrogens with zero attached hydrogens (tertiary/aromatic N) is 2. The first-order valence-corrected chi connectivity index (χ1v) is 11.6. The highest BCUT2D eigenvalue weighted by molar-refractivity contribution is 7.80. The van der Waals surface area contributed by atoms with E-state index in [1.54, 1.807) is 36.4 Å². The van der Waals surface area contributed by atoms with Crippen molar-refractivity contribution in [1.29, 1.82) is 0 Å². The van der Waals surface area contributed by atoms with Gasteiger partial charge >= 0.3 is 5.97 Å². The fraction of sp³-hybridized carbons (Fsp3) is 0.240. The third-order valence-electron chi connectivity index (χ3n) is 5.85. The Morgan fingerprint density at radius 3 is 2.44 bits per heavy atom. The Hall–Kier alpha value is -3.20. The first kappa shape index (κ1) is 23.9. The minimum absolute atomic E-state index is 0.126. The van der Waals surface area contributed by atoms with Crippen molar-refractivity contribution in [1.82, 2.24) is 10.2 Å².